The second-order valence-electron chi connectivity index (χ2n) is 4.19. The van der Waals surface area contributed by atoms with Crippen molar-refractivity contribution in [2.75, 3.05) is 0 Å². The monoisotopic (exact) mass is 452 g/mol. The summed E-state index contributed by atoms with van der Waals surface area (Å²) in [6, 6.07) is 0. The van der Waals surface area contributed by atoms with Gasteiger partial charge in [-0.1, -0.05) is 0 Å². The Morgan fingerprint density at radius 2 is 0.682 bits per heavy atom. The zero-order valence-corrected chi connectivity index (χ0v) is 16.3. The third kappa shape index (κ3) is 50.9. The van der Waals surface area contributed by atoms with E-state index in [4.69, 9.17) is 15.3 Å². The molecule has 0 aliphatic rings. The van der Waals surface area contributed by atoms with Crippen LogP contribution in [0.5, 0.6) is 0 Å². The molecule has 0 unspecified atom stereocenters. The average molecular weight is 451 g/mol. The largest absolute Gasteiger partial charge is 0.512 e. The van der Waals surface area contributed by atoms with Crippen LogP contribution in [-0.2, 0) is 14.4 Å². The number of aliphatic hydroxyl groups is 3. The predicted octanol–water partition coefficient (Wildman–Crippen LogP) is 3.11. The van der Waals surface area contributed by atoms with Gasteiger partial charge in [0, 0.05) is 58.6 Å². The molecule has 0 aromatic heterocycles. The van der Waals surface area contributed by atoms with Gasteiger partial charge in [-0.25, -0.2) is 0 Å². The number of allylic oxidation sites excluding steroid dienone is 6. The van der Waals surface area contributed by atoms with E-state index in [0.717, 1.165) is 0 Å². The second kappa shape index (κ2) is 18.0. The fraction of sp³-hybridized carbons (Fsp3) is 0.400. The van der Waals surface area contributed by atoms with Crippen molar-refractivity contribution in [2.45, 2.75) is 41.5 Å². The minimum atomic E-state index is -0.125. The van der Waals surface area contributed by atoms with Crippen LogP contribution in [0.3, 0.4) is 0 Å². The first-order chi connectivity index (χ1) is 9.38. The first-order valence-corrected chi connectivity index (χ1v) is 6.02. The van der Waals surface area contributed by atoms with Crippen LogP contribution in [0.25, 0.3) is 0 Å². The molecular formula is C15H24O6Sm. The van der Waals surface area contributed by atoms with Gasteiger partial charge in [0.2, 0.25) is 0 Å². The summed E-state index contributed by atoms with van der Waals surface area (Å²) in [5.74, 6) is -0.187. The maximum atomic E-state index is 10.0. The molecule has 3 N–H and O–H groups in total. The molecule has 126 valence electrons. The molecular weight excluding hydrogens is 427 g/mol. The summed E-state index contributed by atoms with van der Waals surface area (Å²) in [4.78, 5) is 30.1. The summed E-state index contributed by atoms with van der Waals surface area (Å²) in [7, 11) is 0. The van der Waals surface area contributed by atoms with Gasteiger partial charge in [-0.2, -0.15) is 0 Å². The molecule has 0 rings (SSSR count). The molecule has 0 heterocycles. The Morgan fingerprint density at radius 3 is 0.682 bits per heavy atom. The van der Waals surface area contributed by atoms with Crippen LogP contribution in [0, 0.1) is 40.4 Å². The Hall–Kier alpha value is -1.03. The zero-order chi connectivity index (χ0) is 17.6. The van der Waals surface area contributed by atoms with Crippen LogP contribution in [0.15, 0.2) is 35.5 Å². The summed E-state index contributed by atoms with van der Waals surface area (Å²) >= 11 is 0. The van der Waals surface area contributed by atoms with Gasteiger partial charge in [0.05, 0.1) is 17.3 Å². The smallest absolute Gasteiger partial charge is 0.155 e. The van der Waals surface area contributed by atoms with Crippen LogP contribution in [-0.4, -0.2) is 32.7 Å². The molecule has 0 saturated carbocycles. The standard InChI is InChI=1S/3C5H8O2.Sm/c3*1-4(6)3-5(2)7;/h3*3,6H,1-2H3;/b3*4-3-;. The van der Waals surface area contributed by atoms with Gasteiger partial charge < -0.3 is 15.3 Å². The maximum absolute atomic E-state index is 10.0. The van der Waals surface area contributed by atoms with Crippen molar-refractivity contribution in [3.8, 4) is 0 Å². The topological polar surface area (TPSA) is 112 Å². The molecule has 0 spiro atoms. The molecule has 0 bridgehead atoms. The molecule has 7 heteroatoms. The van der Waals surface area contributed by atoms with Crippen LogP contribution >= 0.6 is 0 Å². The summed E-state index contributed by atoms with van der Waals surface area (Å²) in [6.45, 7) is 8.54. The Labute approximate surface area is 163 Å². The van der Waals surface area contributed by atoms with Crippen molar-refractivity contribution >= 4 is 17.3 Å². The van der Waals surface area contributed by atoms with Crippen LogP contribution in [0.4, 0.5) is 0 Å². The van der Waals surface area contributed by atoms with Crippen molar-refractivity contribution in [1.82, 2.24) is 0 Å². The van der Waals surface area contributed by atoms with Crippen molar-refractivity contribution in [3.05, 3.63) is 35.5 Å². The fourth-order valence-electron chi connectivity index (χ4n) is 0.882. The molecule has 0 amide bonds. The van der Waals surface area contributed by atoms with Gasteiger partial charge >= 0.3 is 0 Å². The molecule has 0 aromatic carbocycles. The molecule has 6 nitrogen and oxygen atoms in total. The summed E-state index contributed by atoms with van der Waals surface area (Å²) in [6.07, 6.45) is 3.50. The first kappa shape index (κ1) is 29.0. The van der Waals surface area contributed by atoms with Crippen molar-refractivity contribution < 1.29 is 70.1 Å². The van der Waals surface area contributed by atoms with E-state index in [1.54, 1.807) is 0 Å². The number of carbonyl (C=O) groups is 3. The molecule has 0 saturated heterocycles. The van der Waals surface area contributed by atoms with Gasteiger partial charge in [0.25, 0.3) is 0 Å². The number of aliphatic hydroxyl groups excluding tert-OH is 3. The second-order valence-corrected chi connectivity index (χ2v) is 4.19. The SMILES string of the molecule is CC(=O)/C=C(/C)O.CC(=O)/C=C(/C)O.CC(=O)/C=C(/C)O.[Sm]. The van der Waals surface area contributed by atoms with E-state index in [2.05, 4.69) is 0 Å². The van der Waals surface area contributed by atoms with Gasteiger partial charge in [0.15, 0.2) is 17.3 Å². The first-order valence-electron chi connectivity index (χ1n) is 6.02. The Balaban J connectivity index is -0.000000108. The summed E-state index contributed by atoms with van der Waals surface area (Å²) in [5, 5.41) is 25.1. The quantitative estimate of drug-likeness (QED) is 0.450. The number of rotatable bonds is 3. The van der Waals surface area contributed by atoms with E-state index in [1.165, 1.54) is 59.8 Å². The van der Waals surface area contributed by atoms with E-state index < -0.39 is 0 Å². The van der Waals surface area contributed by atoms with Gasteiger partial charge in [-0.3, -0.25) is 14.4 Å². The van der Waals surface area contributed by atoms with E-state index in [-0.39, 0.29) is 75.0 Å². The van der Waals surface area contributed by atoms with E-state index in [9.17, 15) is 14.4 Å². The molecule has 0 fully saturated rings. The van der Waals surface area contributed by atoms with Crippen molar-refractivity contribution in [2.24, 2.45) is 0 Å². The number of carbonyl (C=O) groups excluding carboxylic acids is 3. The normalized spacial score (nSPS) is 10.9. The number of hydrogen-bond acceptors (Lipinski definition) is 6. The Bertz CT molecular complexity index is 368. The van der Waals surface area contributed by atoms with Gasteiger partial charge in [-0.15, -0.1) is 0 Å². The van der Waals surface area contributed by atoms with Gasteiger partial charge in [0.1, 0.15) is 0 Å². The zero-order valence-electron chi connectivity index (χ0n) is 13.7. The number of ketones is 3. The fourth-order valence-corrected chi connectivity index (χ4v) is 0.882. The molecule has 0 aromatic rings. The molecule has 0 atom stereocenters. The van der Waals surface area contributed by atoms with Gasteiger partial charge in [-0.05, 0) is 41.5 Å². The third-order valence-electron chi connectivity index (χ3n) is 1.24. The van der Waals surface area contributed by atoms with Crippen LogP contribution in [0.1, 0.15) is 41.5 Å². The van der Waals surface area contributed by atoms with Crippen molar-refractivity contribution in [3.63, 3.8) is 0 Å². The molecule has 0 aliphatic carbocycles. The minimum absolute atomic E-state index is 0. The third-order valence-corrected chi connectivity index (χ3v) is 1.24. The summed E-state index contributed by atoms with van der Waals surface area (Å²) in [5.41, 5.74) is 0. The van der Waals surface area contributed by atoms with Crippen LogP contribution in [0.2, 0.25) is 0 Å². The predicted molar refractivity (Wildman–Crippen MR) is 81.2 cm³/mol. The van der Waals surface area contributed by atoms with E-state index in [0.29, 0.717) is 0 Å². The summed E-state index contributed by atoms with van der Waals surface area (Å²) < 4.78 is 0. The average Bonchev–Trinajstić information content (AvgIpc) is 2.10. The Morgan fingerprint density at radius 1 is 0.545 bits per heavy atom. The van der Waals surface area contributed by atoms with Crippen LogP contribution < -0.4 is 0 Å². The molecule has 22 heavy (non-hydrogen) atoms. The minimum Gasteiger partial charge on any atom is -0.512 e. The van der Waals surface area contributed by atoms with Crippen molar-refractivity contribution in [1.29, 1.82) is 0 Å². The molecule has 0 radical (unpaired) electrons. The maximum Gasteiger partial charge on any atom is 0.155 e. The Kier molecular flexibility index (Phi) is 23.8. The molecule has 0 aliphatic heterocycles. The van der Waals surface area contributed by atoms with E-state index >= 15 is 0 Å². The number of hydrogen-bond donors (Lipinski definition) is 3. The van der Waals surface area contributed by atoms with E-state index in [1.807, 2.05) is 0 Å².